The van der Waals surface area contributed by atoms with Crippen molar-refractivity contribution in [2.45, 2.75) is 24.8 Å². The summed E-state index contributed by atoms with van der Waals surface area (Å²) in [4.78, 5) is 4.61. The molecule has 2 aromatic carbocycles. The second-order valence-corrected chi connectivity index (χ2v) is 7.58. The highest BCUT2D eigenvalue weighted by molar-refractivity contribution is 7.82. The Morgan fingerprint density at radius 2 is 1.96 bits per heavy atom. The Bertz CT molecular complexity index is 1000. The van der Waals surface area contributed by atoms with E-state index in [1.165, 1.54) is 0 Å². The van der Waals surface area contributed by atoms with Crippen LogP contribution in [0.1, 0.15) is 13.8 Å². The van der Waals surface area contributed by atoms with Gasteiger partial charge in [-0.05, 0) is 56.4 Å². The summed E-state index contributed by atoms with van der Waals surface area (Å²) in [6, 6.07) is 12.9. The number of anilines is 2. The molecule has 140 valence electrons. The number of hydrogen-bond donors (Lipinski definition) is 3. The molecule has 0 saturated heterocycles. The molecule has 1 unspecified atom stereocenters. The third kappa shape index (κ3) is 4.79. The minimum absolute atomic E-state index is 0.0214. The lowest BCUT2D eigenvalue weighted by Crippen LogP contribution is -2.20. The Morgan fingerprint density at radius 1 is 1.19 bits per heavy atom. The standard InChI is InChI=1S/C19H20N4O2S2/c1-12(2)25-18-7-6-14(27(20)24)10-17(18)23-19(26)22-16-5-3-4-13-11-21-9-8-15(13)16/h3-12H,20H2,1-2H3,(H2,22,23,26). The largest absolute Gasteiger partial charge is 0.489 e. The zero-order valence-corrected chi connectivity index (χ0v) is 16.6. The van der Waals surface area contributed by atoms with Crippen molar-refractivity contribution in [2.75, 3.05) is 10.6 Å². The summed E-state index contributed by atoms with van der Waals surface area (Å²) in [6.45, 7) is 3.86. The second kappa shape index (κ2) is 8.43. The average molecular weight is 401 g/mol. The number of thiocarbonyl (C=S) groups is 1. The fraction of sp³-hybridized carbons (Fsp3) is 0.158. The van der Waals surface area contributed by atoms with Crippen molar-refractivity contribution < 1.29 is 8.95 Å². The number of ether oxygens (including phenoxy) is 1. The molecule has 27 heavy (non-hydrogen) atoms. The lowest BCUT2D eigenvalue weighted by Gasteiger charge is -2.18. The highest BCUT2D eigenvalue weighted by Crippen LogP contribution is 2.28. The molecule has 0 saturated carbocycles. The van der Waals surface area contributed by atoms with E-state index in [1.807, 2.05) is 38.1 Å². The van der Waals surface area contributed by atoms with Crippen LogP contribution in [0.3, 0.4) is 0 Å². The van der Waals surface area contributed by atoms with Crippen molar-refractivity contribution >= 4 is 50.5 Å². The second-order valence-electron chi connectivity index (χ2n) is 6.10. The van der Waals surface area contributed by atoms with Crippen molar-refractivity contribution in [1.29, 1.82) is 0 Å². The predicted octanol–water partition coefficient (Wildman–Crippen LogP) is 3.81. The van der Waals surface area contributed by atoms with Gasteiger partial charge in [0.05, 0.1) is 16.7 Å². The van der Waals surface area contributed by atoms with Gasteiger partial charge < -0.3 is 15.4 Å². The molecule has 1 aromatic heterocycles. The summed E-state index contributed by atoms with van der Waals surface area (Å²) in [6.07, 6.45) is 3.51. The van der Waals surface area contributed by atoms with E-state index >= 15 is 0 Å². The molecule has 6 nitrogen and oxygen atoms in total. The maximum absolute atomic E-state index is 11.6. The van der Waals surface area contributed by atoms with E-state index < -0.39 is 11.0 Å². The molecule has 8 heteroatoms. The van der Waals surface area contributed by atoms with Crippen LogP contribution in [0.5, 0.6) is 5.75 Å². The Balaban J connectivity index is 1.86. The summed E-state index contributed by atoms with van der Waals surface area (Å²) in [5.41, 5.74) is 1.46. The molecule has 3 aromatic rings. The minimum Gasteiger partial charge on any atom is -0.489 e. The van der Waals surface area contributed by atoms with Gasteiger partial charge in [-0.25, -0.2) is 9.35 Å². The van der Waals surface area contributed by atoms with Crippen LogP contribution in [0.15, 0.2) is 59.8 Å². The normalized spacial score (nSPS) is 12.0. The van der Waals surface area contributed by atoms with E-state index in [1.54, 1.807) is 30.6 Å². The number of fused-ring (bicyclic) bond motifs is 1. The lowest BCUT2D eigenvalue weighted by molar-refractivity contribution is 0.243. The van der Waals surface area contributed by atoms with Crippen molar-refractivity contribution in [3.8, 4) is 5.75 Å². The first-order chi connectivity index (χ1) is 12.9. The van der Waals surface area contributed by atoms with Crippen molar-refractivity contribution in [3.63, 3.8) is 0 Å². The van der Waals surface area contributed by atoms with Gasteiger partial charge in [0.25, 0.3) is 0 Å². The Hall–Kier alpha value is -2.55. The van der Waals surface area contributed by atoms with Gasteiger partial charge in [0.2, 0.25) is 0 Å². The van der Waals surface area contributed by atoms with Gasteiger partial charge in [-0.3, -0.25) is 4.98 Å². The predicted molar refractivity (Wildman–Crippen MR) is 114 cm³/mol. The smallest absolute Gasteiger partial charge is 0.175 e. The molecular weight excluding hydrogens is 380 g/mol. The number of nitrogens with one attached hydrogen (secondary N) is 2. The van der Waals surface area contributed by atoms with E-state index in [0.717, 1.165) is 16.5 Å². The first-order valence-electron chi connectivity index (χ1n) is 8.31. The fourth-order valence-electron chi connectivity index (χ4n) is 2.60. The van der Waals surface area contributed by atoms with Gasteiger partial charge >= 0.3 is 0 Å². The molecule has 1 heterocycles. The van der Waals surface area contributed by atoms with Crippen molar-refractivity contribution in [3.05, 3.63) is 54.9 Å². The van der Waals surface area contributed by atoms with Crippen LogP contribution < -0.4 is 20.5 Å². The molecule has 4 N–H and O–H groups in total. The summed E-state index contributed by atoms with van der Waals surface area (Å²) in [5, 5.41) is 14.2. The number of hydrogen-bond acceptors (Lipinski definition) is 4. The summed E-state index contributed by atoms with van der Waals surface area (Å²) >= 11 is 5.46. The molecule has 0 aliphatic heterocycles. The highest BCUT2D eigenvalue weighted by atomic mass is 32.2. The minimum atomic E-state index is -1.60. The number of aromatic nitrogens is 1. The van der Waals surface area contributed by atoms with Gasteiger partial charge in [-0.1, -0.05) is 12.1 Å². The van der Waals surface area contributed by atoms with Crippen LogP contribution in [0.2, 0.25) is 0 Å². The molecular formula is C19H20N4O2S2. The van der Waals surface area contributed by atoms with E-state index in [2.05, 4.69) is 15.6 Å². The molecule has 0 spiro atoms. The van der Waals surface area contributed by atoms with Gasteiger partial charge in [0, 0.05) is 28.9 Å². The van der Waals surface area contributed by atoms with E-state index in [0.29, 0.717) is 21.4 Å². The SMILES string of the molecule is CC(C)Oc1ccc(S(N)=O)cc1NC(=S)Nc1cccc2cnccc12. The zero-order chi connectivity index (χ0) is 19.4. The average Bonchev–Trinajstić information content (AvgIpc) is 2.63. The Kier molecular flexibility index (Phi) is 6.00. The fourth-order valence-corrected chi connectivity index (χ4v) is 3.25. The van der Waals surface area contributed by atoms with Crippen molar-refractivity contribution in [1.82, 2.24) is 4.98 Å². The van der Waals surface area contributed by atoms with Crippen LogP contribution >= 0.6 is 12.2 Å². The number of benzene rings is 2. The molecule has 3 rings (SSSR count). The third-order valence-electron chi connectivity index (χ3n) is 3.72. The van der Waals surface area contributed by atoms with Crippen LogP contribution in [-0.2, 0) is 11.0 Å². The molecule has 0 amide bonds. The molecule has 0 fully saturated rings. The molecule has 1 atom stereocenters. The van der Waals surface area contributed by atoms with Gasteiger partial charge in [-0.2, -0.15) is 0 Å². The van der Waals surface area contributed by atoms with E-state index in [4.69, 9.17) is 22.1 Å². The van der Waals surface area contributed by atoms with Crippen LogP contribution in [0.25, 0.3) is 10.8 Å². The van der Waals surface area contributed by atoms with Gasteiger partial charge in [-0.15, -0.1) is 0 Å². The topological polar surface area (TPSA) is 89.3 Å². The summed E-state index contributed by atoms with van der Waals surface area (Å²) in [5.74, 6) is 0.602. The maximum atomic E-state index is 11.6. The van der Waals surface area contributed by atoms with Crippen LogP contribution in [0.4, 0.5) is 11.4 Å². The van der Waals surface area contributed by atoms with Gasteiger partial charge in [0.1, 0.15) is 16.7 Å². The zero-order valence-electron chi connectivity index (χ0n) is 14.9. The molecule has 0 aliphatic rings. The van der Waals surface area contributed by atoms with E-state index in [9.17, 15) is 4.21 Å². The molecule has 0 bridgehead atoms. The van der Waals surface area contributed by atoms with E-state index in [-0.39, 0.29) is 6.10 Å². The number of pyridine rings is 1. The summed E-state index contributed by atoms with van der Waals surface area (Å²) in [7, 11) is -1.60. The van der Waals surface area contributed by atoms with Crippen LogP contribution in [-0.4, -0.2) is 20.4 Å². The lowest BCUT2D eigenvalue weighted by atomic mass is 10.1. The monoisotopic (exact) mass is 400 g/mol. The van der Waals surface area contributed by atoms with Gasteiger partial charge in [0.15, 0.2) is 5.11 Å². The van der Waals surface area contributed by atoms with Crippen molar-refractivity contribution in [2.24, 2.45) is 5.14 Å². The Morgan fingerprint density at radius 3 is 2.70 bits per heavy atom. The first-order valence-corrected chi connectivity index (χ1v) is 9.94. The third-order valence-corrected chi connectivity index (χ3v) is 4.65. The Labute approximate surface area is 165 Å². The number of nitrogens with zero attached hydrogens (tertiary/aromatic N) is 1. The van der Waals surface area contributed by atoms with Crippen LogP contribution in [0, 0.1) is 0 Å². The number of rotatable bonds is 5. The molecule has 0 aliphatic carbocycles. The first kappa shape index (κ1) is 19.2. The quantitative estimate of drug-likeness (QED) is 0.564. The highest BCUT2D eigenvalue weighted by Gasteiger charge is 2.11. The number of nitrogens with two attached hydrogens (primary N) is 1. The molecule has 0 radical (unpaired) electrons. The maximum Gasteiger partial charge on any atom is 0.175 e. The summed E-state index contributed by atoms with van der Waals surface area (Å²) < 4.78 is 17.4.